The summed E-state index contributed by atoms with van der Waals surface area (Å²) < 4.78 is 0.806. The molecule has 24 heavy (non-hydrogen) atoms. The van der Waals surface area contributed by atoms with Gasteiger partial charge in [0.1, 0.15) is 5.25 Å². The van der Waals surface area contributed by atoms with Gasteiger partial charge in [-0.25, -0.2) is 0 Å². The van der Waals surface area contributed by atoms with E-state index in [0.29, 0.717) is 12.1 Å². The molecular weight excluding hydrogens is 340 g/mol. The molecule has 1 fully saturated rings. The van der Waals surface area contributed by atoms with Gasteiger partial charge >= 0.3 is 0 Å². The third-order valence-corrected chi connectivity index (χ3v) is 6.06. The summed E-state index contributed by atoms with van der Waals surface area (Å²) in [5, 5.41) is 15.4. The van der Waals surface area contributed by atoms with Crippen molar-refractivity contribution < 1.29 is 4.79 Å². The number of hydrogen-bond donors (Lipinski definition) is 2. The summed E-state index contributed by atoms with van der Waals surface area (Å²) in [6.07, 6.45) is 3.19. The first kappa shape index (κ1) is 17.2. The fourth-order valence-electron chi connectivity index (χ4n) is 2.13. The molecular formula is C17H22N4OS2. The summed E-state index contributed by atoms with van der Waals surface area (Å²) in [5.74, 6) is 0.0559. The summed E-state index contributed by atoms with van der Waals surface area (Å²) in [6, 6.07) is 10.6. The van der Waals surface area contributed by atoms with E-state index in [-0.39, 0.29) is 11.2 Å². The molecule has 2 N–H and O–H groups in total. The molecule has 128 valence electrons. The molecule has 3 rings (SSSR count). The molecule has 7 heteroatoms. The number of aromatic nitrogens is 2. The number of nitrogens with zero attached hydrogens (tertiary/aromatic N) is 2. The lowest BCUT2D eigenvalue weighted by Gasteiger charge is -2.15. The first-order valence-electron chi connectivity index (χ1n) is 8.27. The first-order chi connectivity index (χ1) is 11.7. The van der Waals surface area contributed by atoms with Gasteiger partial charge in [-0.1, -0.05) is 60.4 Å². The van der Waals surface area contributed by atoms with Crippen LogP contribution in [0.4, 0.5) is 5.13 Å². The Morgan fingerprint density at radius 3 is 2.75 bits per heavy atom. The average molecular weight is 363 g/mol. The molecule has 0 bridgehead atoms. The van der Waals surface area contributed by atoms with Gasteiger partial charge in [0, 0.05) is 12.1 Å². The average Bonchev–Trinajstić information content (AvgIpc) is 3.30. The molecule has 1 aromatic carbocycles. The van der Waals surface area contributed by atoms with Crippen LogP contribution >= 0.6 is 23.1 Å². The number of nitrogens with one attached hydrogen (secondary N) is 2. The van der Waals surface area contributed by atoms with Crippen molar-refractivity contribution in [3.05, 3.63) is 35.9 Å². The van der Waals surface area contributed by atoms with Crippen LogP contribution in [-0.2, 0) is 4.79 Å². The van der Waals surface area contributed by atoms with Gasteiger partial charge in [0.05, 0.1) is 0 Å². The lowest BCUT2D eigenvalue weighted by molar-refractivity contribution is -0.120. The third kappa shape index (κ3) is 4.70. The fourth-order valence-corrected chi connectivity index (χ4v) is 4.20. The van der Waals surface area contributed by atoms with E-state index < -0.39 is 0 Å². The molecule has 0 unspecified atom stereocenters. The summed E-state index contributed by atoms with van der Waals surface area (Å²) in [6.45, 7) is 4.24. The Labute approximate surface area is 150 Å². The summed E-state index contributed by atoms with van der Waals surface area (Å²) in [7, 11) is 0. The van der Waals surface area contributed by atoms with E-state index in [9.17, 15) is 4.79 Å². The molecule has 1 aliphatic carbocycles. The highest BCUT2D eigenvalue weighted by atomic mass is 32.2. The van der Waals surface area contributed by atoms with Crippen LogP contribution in [0.5, 0.6) is 0 Å². The minimum Gasteiger partial charge on any atom is -0.358 e. The predicted octanol–water partition coefficient (Wildman–Crippen LogP) is 3.86. The molecule has 1 aliphatic rings. The molecule has 1 saturated carbocycles. The summed E-state index contributed by atoms with van der Waals surface area (Å²) in [5.41, 5.74) is 0.993. The van der Waals surface area contributed by atoms with Gasteiger partial charge in [0.25, 0.3) is 0 Å². The molecule has 1 amide bonds. The van der Waals surface area contributed by atoms with Gasteiger partial charge in [0.2, 0.25) is 11.0 Å². The topological polar surface area (TPSA) is 66.9 Å². The van der Waals surface area contributed by atoms with Crippen LogP contribution in [0, 0.1) is 0 Å². The number of carbonyl (C=O) groups is 1. The number of hydrogen-bond acceptors (Lipinski definition) is 6. The predicted molar refractivity (Wildman–Crippen MR) is 99.5 cm³/mol. The van der Waals surface area contributed by atoms with Crippen molar-refractivity contribution in [1.29, 1.82) is 0 Å². The number of rotatable bonds is 8. The molecule has 1 heterocycles. The van der Waals surface area contributed by atoms with Gasteiger partial charge in [-0.05, 0) is 31.7 Å². The second kappa shape index (κ2) is 7.98. The highest BCUT2D eigenvalue weighted by Gasteiger charge is 2.29. The molecule has 1 aromatic heterocycles. The first-order valence-corrected chi connectivity index (χ1v) is 9.97. The van der Waals surface area contributed by atoms with E-state index in [2.05, 4.69) is 34.7 Å². The lowest BCUT2D eigenvalue weighted by Crippen LogP contribution is -2.29. The van der Waals surface area contributed by atoms with Gasteiger partial charge < -0.3 is 10.6 Å². The number of amides is 1. The monoisotopic (exact) mass is 362 g/mol. The van der Waals surface area contributed by atoms with Gasteiger partial charge in [-0.15, -0.1) is 10.2 Å². The second-order valence-corrected chi connectivity index (χ2v) is 8.35. The molecule has 0 aliphatic heterocycles. The van der Waals surface area contributed by atoms with Crippen LogP contribution in [0.2, 0.25) is 0 Å². The minimum atomic E-state index is -0.295. The summed E-state index contributed by atoms with van der Waals surface area (Å²) in [4.78, 5) is 12.6. The molecule has 2 aromatic rings. The van der Waals surface area contributed by atoms with E-state index >= 15 is 0 Å². The van der Waals surface area contributed by atoms with Crippen LogP contribution < -0.4 is 10.6 Å². The van der Waals surface area contributed by atoms with Gasteiger partial charge in [-0.3, -0.25) is 4.79 Å². The maximum Gasteiger partial charge on any atom is 0.238 e. The number of thioether (sulfide) groups is 1. The highest BCUT2D eigenvalue weighted by molar-refractivity contribution is 8.01. The Hall–Kier alpha value is -1.60. The van der Waals surface area contributed by atoms with Crippen LogP contribution in [-0.4, -0.2) is 28.2 Å². The van der Waals surface area contributed by atoms with Crippen molar-refractivity contribution in [1.82, 2.24) is 15.5 Å². The Balaban J connectivity index is 1.72. The standard InChI is InChI=1S/C17H22N4OS2/c1-3-11(2)18-16-20-21-17(24-16)23-14(12-7-5-4-6-8-12)15(22)19-13-9-10-13/h4-8,11,13-14H,3,9-10H2,1-2H3,(H,18,20)(H,19,22)/t11-,14+/m1/s1. The largest absolute Gasteiger partial charge is 0.358 e. The van der Waals surface area contributed by atoms with E-state index in [1.54, 1.807) is 0 Å². The quantitative estimate of drug-likeness (QED) is 0.698. The number of benzene rings is 1. The third-order valence-electron chi connectivity index (χ3n) is 3.87. The van der Waals surface area contributed by atoms with Crippen molar-refractivity contribution in [3.63, 3.8) is 0 Å². The Morgan fingerprint density at radius 1 is 1.33 bits per heavy atom. The zero-order valence-corrected chi connectivity index (χ0v) is 15.5. The SMILES string of the molecule is CC[C@@H](C)Nc1nnc(S[C@H](C(=O)NC2CC2)c2ccccc2)s1. The molecule has 0 radical (unpaired) electrons. The Kier molecular flexibility index (Phi) is 5.73. The van der Waals surface area contributed by atoms with Crippen LogP contribution in [0.1, 0.15) is 43.9 Å². The van der Waals surface area contributed by atoms with Crippen molar-refractivity contribution in [2.75, 3.05) is 5.32 Å². The highest BCUT2D eigenvalue weighted by Crippen LogP contribution is 2.38. The Morgan fingerprint density at radius 2 is 2.08 bits per heavy atom. The number of anilines is 1. The second-order valence-electron chi connectivity index (χ2n) is 6.02. The molecule has 0 saturated heterocycles. The maximum atomic E-state index is 12.6. The van der Waals surface area contributed by atoms with E-state index in [1.165, 1.54) is 23.1 Å². The molecule has 0 spiro atoms. The zero-order valence-electron chi connectivity index (χ0n) is 13.9. The van der Waals surface area contributed by atoms with Crippen molar-refractivity contribution in [2.45, 2.75) is 54.8 Å². The number of carbonyl (C=O) groups excluding carboxylic acids is 1. The molecule has 5 nitrogen and oxygen atoms in total. The van der Waals surface area contributed by atoms with Crippen LogP contribution in [0.25, 0.3) is 0 Å². The Bertz CT molecular complexity index is 672. The van der Waals surface area contributed by atoms with Crippen molar-refractivity contribution in [3.8, 4) is 0 Å². The van der Waals surface area contributed by atoms with Crippen LogP contribution in [0.3, 0.4) is 0 Å². The zero-order chi connectivity index (χ0) is 16.9. The van der Waals surface area contributed by atoms with Crippen molar-refractivity contribution in [2.24, 2.45) is 0 Å². The normalized spacial score (nSPS) is 16.4. The van der Waals surface area contributed by atoms with E-state index in [0.717, 1.165) is 34.3 Å². The van der Waals surface area contributed by atoms with E-state index in [1.807, 2.05) is 30.3 Å². The fraction of sp³-hybridized carbons (Fsp3) is 0.471. The lowest BCUT2D eigenvalue weighted by atomic mass is 10.1. The smallest absolute Gasteiger partial charge is 0.238 e. The van der Waals surface area contributed by atoms with Crippen LogP contribution in [0.15, 0.2) is 34.7 Å². The summed E-state index contributed by atoms with van der Waals surface area (Å²) >= 11 is 2.97. The van der Waals surface area contributed by atoms with E-state index in [4.69, 9.17) is 0 Å². The van der Waals surface area contributed by atoms with Gasteiger partial charge in [-0.2, -0.15) is 0 Å². The molecule has 2 atom stereocenters. The van der Waals surface area contributed by atoms with Gasteiger partial charge in [0.15, 0.2) is 4.34 Å². The maximum absolute atomic E-state index is 12.6. The van der Waals surface area contributed by atoms with Crippen molar-refractivity contribution >= 4 is 34.1 Å². The minimum absolute atomic E-state index is 0.0559.